The van der Waals surface area contributed by atoms with Crippen LogP contribution in [-0.2, 0) is 9.47 Å². The van der Waals surface area contributed by atoms with Gasteiger partial charge in [-0.2, -0.15) is 0 Å². The van der Waals surface area contributed by atoms with Gasteiger partial charge in [0.15, 0.2) is 6.29 Å². The second kappa shape index (κ2) is 12.4. The molecule has 1 saturated heterocycles. The van der Waals surface area contributed by atoms with Crippen LogP contribution in [0, 0.1) is 0 Å². The van der Waals surface area contributed by atoms with Gasteiger partial charge in [-0.1, -0.05) is 34.9 Å². The average molecular weight is 385 g/mol. The molecule has 1 aliphatic rings. The first kappa shape index (κ1) is 24.0. The minimum atomic E-state index is -1.49. The van der Waals surface area contributed by atoms with Crippen LogP contribution in [0.4, 0.5) is 0 Å². The van der Waals surface area contributed by atoms with Crippen LogP contribution in [-0.4, -0.2) is 64.3 Å². The van der Waals surface area contributed by atoms with Crippen molar-refractivity contribution in [1.29, 1.82) is 0 Å². The topological polar surface area (TPSA) is 99.4 Å². The lowest BCUT2D eigenvalue weighted by Gasteiger charge is -2.39. The molecular formula is C21H36O6. The number of hydrogen-bond acceptors (Lipinski definition) is 6. The van der Waals surface area contributed by atoms with E-state index in [9.17, 15) is 15.3 Å². The van der Waals surface area contributed by atoms with Crippen LogP contribution < -0.4 is 0 Å². The molecule has 0 saturated carbocycles. The van der Waals surface area contributed by atoms with E-state index >= 15 is 0 Å². The van der Waals surface area contributed by atoms with Gasteiger partial charge in [0.25, 0.3) is 0 Å². The Morgan fingerprint density at radius 2 is 1.48 bits per heavy atom. The number of aliphatic hydroxyl groups excluding tert-OH is 4. The minimum absolute atomic E-state index is 0.207. The second-order valence-corrected chi connectivity index (χ2v) is 7.49. The van der Waals surface area contributed by atoms with Crippen molar-refractivity contribution in [2.24, 2.45) is 0 Å². The lowest BCUT2D eigenvalue weighted by Crippen LogP contribution is -2.59. The third-order valence-corrected chi connectivity index (χ3v) is 4.68. The summed E-state index contributed by atoms with van der Waals surface area (Å²) >= 11 is 0. The number of hydrogen-bond donors (Lipinski definition) is 4. The first-order valence-electron chi connectivity index (χ1n) is 9.63. The summed E-state index contributed by atoms with van der Waals surface area (Å²) in [5.74, 6) is 0. The predicted molar refractivity (Wildman–Crippen MR) is 105 cm³/mol. The highest BCUT2D eigenvalue weighted by Crippen LogP contribution is 2.22. The van der Waals surface area contributed by atoms with E-state index in [0.29, 0.717) is 0 Å². The summed E-state index contributed by atoms with van der Waals surface area (Å²) < 4.78 is 10.5. The first-order valence-corrected chi connectivity index (χ1v) is 9.63. The SMILES string of the molecule is CC(C)=CCCC(C)=CCCC(C)=CCOC1C(O)C(O)OC(CO)C1O. The van der Waals surface area contributed by atoms with Gasteiger partial charge >= 0.3 is 0 Å². The molecule has 0 radical (unpaired) electrons. The van der Waals surface area contributed by atoms with Crippen molar-refractivity contribution >= 4 is 0 Å². The molecule has 0 aromatic heterocycles. The molecule has 1 heterocycles. The first-order chi connectivity index (χ1) is 12.8. The van der Waals surface area contributed by atoms with E-state index in [4.69, 9.17) is 14.6 Å². The normalized spacial score (nSPS) is 29.7. The van der Waals surface area contributed by atoms with Crippen molar-refractivity contribution in [1.82, 2.24) is 0 Å². The van der Waals surface area contributed by atoms with Crippen LogP contribution in [0.15, 0.2) is 34.9 Å². The molecule has 0 amide bonds. The lowest BCUT2D eigenvalue weighted by atomic mass is 9.99. The maximum absolute atomic E-state index is 10.1. The molecule has 1 aliphatic heterocycles. The summed E-state index contributed by atoms with van der Waals surface area (Å²) in [6, 6.07) is 0. The van der Waals surface area contributed by atoms with E-state index in [1.54, 1.807) is 0 Å². The van der Waals surface area contributed by atoms with Gasteiger partial charge in [-0.25, -0.2) is 0 Å². The van der Waals surface area contributed by atoms with E-state index in [1.807, 2.05) is 13.0 Å². The standard InChI is InChI=1S/C21H36O6/c1-14(2)7-5-8-15(3)9-6-10-16(4)11-12-26-20-18(23)17(13-22)27-21(25)19(20)24/h7,9,11,17-25H,5-6,8,10,12-13H2,1-4H3. The zero-order valence-electron chi connectivity index (χ0n) is 17.0. The molecule has 1 rings (SSSR count). The van der Waals surface area contributed by atoms with Gasteiger partial charge in [-0.05, 0) is 53.4 Å². The van der Waals surface area contributed by atoms with Crippen molar-refractivity contribution in [3.8, 4) is 0 Å². The smallest absolute Gasteiger partial charge is 0.184 e. The average Bonchev–Trinajstić information content (AvgIpc) is 2.60. The maximum Gasteiger partial charge on any atom is 0.184 e. The molecule has 1 fully saturated rings. The molecule has 6 heteroatoms. The molecule has 5 atom stereocenters. The largest absolute Gasteiger partial charge is 0.394 e. The molecule has 0 spiro atoms. The number of rotatable bonds is 10. The summed E-state index contributed by atoms with van der Waals surface area (Å²) in [6.07, 6.45) is 4.39. The Hall–Kier alpha value is -1.02. The number of ether oxygens (including phenoxy) is 2. The molecule has 6 nitrogen and oxygen atoms in total. The van der Waals surface area contributed by atoms with E-state index in [2.05, 4.69) is 32.9 Å². The lowest BCUT2D eigenvalue weighted by molar-refractivity contribution is -0.292. The summed E-state index contributed by atoms with van der Waals surface area (Å²) in [6.45, 7) is 8.13. The Balaban J connectivity index is 2.40. The molecular weight excluding hydrogens is 348 g/mol. The van der Waals surface area contributed by atoms with Gasteiger partial charge in [-0.3, -0.25) is 0 Å². The molecule has 0 aromatic carbocycles. The minimum Gasteiger partial charge on any atom is -0.394 e. The number of aliphatic hydroxyl groups is 4. The van der Waals surface area contributed by atoms with Crippen LogP contribution in [0.1, 0.15) is 53.4 Å². The Morgan fingerprint density at radius 1 is 0.889 bits per heavy atom. The molecule has 0 aromatic rings. The highest BCUT2D eigenvalue weighted by molar-refractivity contribution is 5.05. The molecule has 5 unspecified atom stereocenters. The highest BCUT2D eigenvalue weighted by atomic mass is 16.6. The van der Waals surface area contributed by atoms with Crippen LogP contribution in [0.25, 0.3) is 0 Å². The maximum atomic E-state index is 10.1. The van der Waals surface area contributed by atoms with Crippen molar-refractivity contribution in [3.63, 3.8) is 0 Å². The zero-order valence-corrected chi connectivity index (χ0v) is 17.0. The third kappa shape index (κ3) is 8.68. The van der Waals surface area contributed by atoms with E-state index in [0.717, 1.165) is 31.3 Å². The molecule has 27 heavy (non-hydrogen) atoms. The fourth-order valence-electron chi connectivity index (χ4n) is 2.90. The Labute approximate surface area is 162 Å². The van der Waals surface area contributed by atoms with Gasteiger partial charge < -0.3 is 29.9 Å². The molecule has 0 bridgehead atoms. The zero-order chi connectivity index (χ0) is 20.4. The van der Waals surface area contributed by atoms with Gasteiger partial charge in [-0.15, -0.1) is 0 Å². The van der Waals surface area contributed by atoms with Crippen LogP contribution in [0.3, 0.4) is 0 Å². The summed E-state index contributed by atoms with van der Waals surface area (Å²) in [4.78, 5) is 0. The quantitative estimate of drug-likeness (QED) is 0.431. The summed E-state index contributed by atoms with van der Waals surface area (Å²) in [5, 5.41) is 38.8. The van der Waals surface area contributed by atoms with E-state index < -0.39 is 37.3 Å². The highest BCUT2D eigenvalue weighted by Gasteiger charge is 2.44. The monoisotopic (exact) mass is 384 g/mol. The van der Waals surface area contributed by atoms with E-state index in [-0.39, 0.29) is 6.61 Å². The van der Waals surface area contributed by atoms with Crippen LogP contribution in [0.2, 0.25) is 0 Å². The fraction of sp³-hybridized carbons (Fsp3) is 0.714. The molecule has 0 aliphatic carbocycles. The number of allylic oxidation sites excluding steroid dienone is 5. The van der Waals surface area contributed by atoms with Crippen LogP contribution in [0.5, 0.6) is 0 Å². The Morgan fingerprint density at radius 3 is 2.07 bits per heavy atom. The fourth-order valence-corrected chi connectivity index (χ4v) is 2.90. The predicted octanol–water partition coefficient (Wildman–Crippen LogP) is 2.22. The Kier molecular flexibility index (Phi) is 11.1. The van der Waals surface area contributed by atoms with Crippen LogP contribution >= 0.6 is 0 Å². The molecule has 156 valence electrons. The second-order valence-electron chi connectivity index (χ2n) is 7.49. The summed E-state index contributed by atoms with van der Waals surface area (Å²) in [7, 11) is 0. The van der Waals surface area contributed by atoms with Crippen molar-refractivity contribution in [2.45, 2.75) is 84.1 Å². The van der Waals surface area contributed by atoms with Crippen molar-refractivity contribution < 1.29 is 29.9 Å². The van der Waals surface area contributed by atoms with Gasteiger partial charge in [0.2, 0.25) is 0 Å². The van der Waals surface area contributed by atoms with Gasteiger partial charge in [0.1, 0.15) is 24.4 Å². The third-order valence-electron chi connectivity index (χ3n) is 4.68. The van der Waals surface area contributed by atoms with Gasteiger partial charge in [0, 0.05) is 0 Å². The van der Waals surface area contributed by atoms with Gasteiger partial charge in [0.05, 0.1) is 13.2 Å². The Bertz CT molecular complexity index is 521. The summed E-state index contributed by atoms with van der Waals surface area (Å²) in [5.41, 5.74) is 3.88. The van der Waals surface area contributed by atoms with E-state index in [1.165, 1.54) is 11.1 Å². The van der Waals surface area contributed by atoms with Crippen molar-refractivity contribution in [2.75, 3.05) is 13.2 Å². The van der Waals surface area contributed by atoms with Crippen molar-refractivity contribution in [3.05, 3.63) is 34.9 Å². The molecule has 4 N–H and O–H groups in total.